The number of rotatable bonds is 4. The molecule has 2 heterocycles. The van der Waals surface area contributed by atoms with Crippen LogP contribution in [-0.2, 0) is 16.1 Å². The number of aromatic nitrogens is 2. The van der Waals surface area contributed by atoms with Crippen LogP contribution in [0.2, 0.25) is 0 Å². The fraction of sp³-hybridized carbons (Fsp3) is 0.308. The maximum atomic E-state index is 11.9. The van der Waals surface area contributed by atoms with Gasteiger partial charge in [-0.25, -0.2) is 9.78 Å². The third-order valence-electron chi connectivity index (χ3n) is 2.77. The van der Waals surface area contributed by atoms with Gasteiger partial charge >= 0.3 is 5.97 Å². The summed E-state index contributed by atoms with van der Waals surface area (Å²) in [4.78, 5) is 26.8. The predicted octanol–water partition coefficient (Wildman–Crippen LogP) is 0.993. The van der Waals surface area contributed by atoms with Crippen LogP contribution in [0.4, 0.5) is 0 Å². The molecule has 6 nitrogen and oxygen atoms in total. The molecule has 0 aliphatic heterocycles. The van der Waals surface area contributed by atoms with Crippen LogP contribution in [0.1, 0.15) is 18.2 Å². The molecule has 2 aromatic rings. The van der Waals surface area contributed by atoms with Gasteiger partial charge in [-0.3, -0.25) is 9.20 Å². The Bertz CT molecular complexity index is 678. The van der Waals surface area contributed by atoms with E-state index < -0.39 is 12.1 Å². The first-order valence-corrected chi connectivity index (χ1v) is 5.81. The number of carboxylic acids is 1. The van der Waals surface area contributed by atoms with Crippen molar-refractivity contribution >= 4 is 11.6 Å². The lowest BCUT2D eigenvalue weighted by Gasteiger charge is -2.09. The molecule has 0 aromatic carbocycles. The number of pyridine rings is 1. The van der Waals surface area contributed by atoms with Crippen molar-refractivity contribution in [3.8, 4) is 0 Å². The second kappa shape index (κ2) is 5.19. The lowest BCUT2D eigenvalue weighted by molar-refractivity contribution is -0.149. The van der Waals surface area contributed by atoms with Crippen LogP contribution in [0.3, 0.4) is 0 Å². The van der Waals surface area contributed by atoms with E-state index in [0.717, 1.165) is 5.56 Å². The minimum atomic E-state index is -1.05. The average Bonchev–Trinajstić information content (AvgIpc) is 2.37. The highest BCUT2D eigenvalue weighted by molar-refractivity contribution is 5.71. The number of hydrogen-bond acceptors (Lipinski definition) is 4. The largest absolute Gasteiger partial charge is 0.479 e. The van der Waals surface area contributed by atoms with Gasteiger partial charge in [0.15, 0.2) is 6.10 Å². The zero-order valence-corrected chi connectivity index (χ0v) is 10.7. The third-order valence-corrected chi connectivity index (χ3v) is 2.77. The van der Waals surface area contributed by atoms with E-state index in [-0.39, 0.29) is 12.2 Å². The molecule has 0 spiro atoms. The minimum Gasteiger partial charge on any atom is -0.479 e. The molecule has 0 aliphatic rings. The average molecular weight is 262 g/mol. The van der Waals surface area contributed by atoms with Gasteiger partial charge in [0.25, 0.3) is 5.56 Å². The van der Waals surface area contributed by atoms with E-state index in [2.05, 4.69) is 4.98 Å². The summed E-state index contributed by atoms with van der Waals surface area (Å²) in [5.41, 5.74) is 1.63. The highest BCUT2D eigenvalue weighted by Crippen LogP contribution is 2.07. The van der Waals surface area contributed by atoms with E-state index in [9.17, 15) is 9.59 Å². The Morgan fingerprint density at radius 1 is 1.58 bits per heavy atom. The maximum absolute atomic E-state index is 11.9. The number of hydrogen-bond donors (Lipinski definition) is 1. The summed E-state index contributed by atoms with van der Waals surface area (Å²) in [7, 11) is 0. The second-order valence-corrected chi connectivity index (χ2v) is 4.26. The highest BCUT2D eigenvalue weighted by Gasteiger charge is 2.12. The van der Waals surface area contributed by atoms with Crippen LogP contribution in [-0.4, -0.2) is 26.6 Å². The third kappa shape index (κ3) is 2.79. The molecule has 6 heteroatoms. The smallest absolute Gasteiger partial charge is 0.332 e. The molecule has 0 bridgehead atoms. The fourth-order valence-corrected chi connectivity index (χ4v) is 1.66. The summed E-state index contributed by atoms with van der Waals surface area (Å²) in [6, 6.07) is 4.97. The molecule has 0 saturated heterocycles. The molecule has 19 heavy (non-hydrogen) atoms. The maximum Gasteiger partial charge on any atom is 0.332 e. The molecular weight excluding hydrogens is 248 g/mol. The molecular formula is C13H14N2O4. The van der Waals surface area contributed by atoms with E-state index in [1.54, 1.807) is 12.3 Å². The van der Waals surface area contributed by atoms with Gasteiger partial charge in [-0.05, 0) is 25.5 Å². The summed E-state index contributed by atoms with van der Waals surface area (Å²) in [6.07, 6.45) is 0.708. The molecule has 2 rings (SSSR count). The van der Waals surface area contributed by atoms with Gasteiger partial charge in [0.05, 0.1) is 12.3 Å². The molecule has 100 valence electrons. The van der Waals surface area contributed by atoms with Crippen LogP contribution in [0, 0.1) is 6.92 Å². The number of nitrogens with zero attached hydrogens (tertiary/aromatic N) is 2. The predicted molar refractivity (Wildman–Crippen MR) is 68.1 cm³/mol. The Hall–Kier alpha value is -2.21. The first-order chi connectivity index (χ1) is 8.99. The van der Waals surface area contributed by atoms with Crippen molar-refractivity contribution in [1.29, 1.82) is 0 Å². The van der Waals surface area contributed by atoms with Gasteiger partial charge in [-0.2, -0.15) is 0 Å². The molecule has 0 saturated carbocycles. The van der Waals surface area contributed by atoms with Crippen LogP contribution in [0.5, 0.6) is 0 Å². The Labute approximate surface area is 109 Å². The molecule has 0 fully saturated rings. The van der Waals surface area contributed by atoms with Crippen LogP contribution < -0.4 is 5.56 Å². The van der Waals surface area contributed by atoms with E-state index in [0.29, 0.717) is 11.3 Å². The Morgan fingerprint density at radius 2 is 2.32 bits per heavy atom. The summed E-state index contributed by atoms with van der Waals surface area (Å²) in [6.45, 7) is 3.28. The summed E-state index contributed by atoms with van der Waals surface area (Å²) in [5, 5.41) is 8.72. The second-order valence-electron chi connectivity index (χ2n) is 4.26. The number of fused-ring (bicyclic) bond motifs is 1. The van der Waals surface area contributed by atoms with Crippen molar-refractivity contribution in [3.63, 3.8) is 0 Å². The number of ether oxygens (including phenoxy) is 1. The topological polar surface area (TPSA) is 80.9 Å². The van der Waals surface area contributed by atoms with Gasteiger partial charge in [0.2, 0.25) is 0 Å². The van der Waals surface area contributed by atoms with Gasteiger partial charge < -0.3 is 9.84 Å². The van der Waals surface area contributed by atoms with E-state index in [1.165, 1.54) is 17.4 Å². The van der Waals surface area contributed by atoms with E-state index in [1.807, 2.05) is 13.0 Å². The SMILES string of the molecule is Cc1cccn2c(=O)cc(CO[C@H](C)C(=O)O)nc12. The lowest BCUT2D eigenvalue weighted by Crippen LogP contribution is -2.21. The Kier molecular flexibility index (Phi) is 3.62. The molecule has 0 amide bonds. The van der Waals surface area contributed by atoms with Gasteiger partial charge in [0.1, 0.15) is 5.65 Å². The van der Waals surface area contributed by atoms with E-state index in [4.69, 9.17) is 9.84 Å². The molecule has 2 aromatic heterocycles. The van der Waals surface area contributed by atoms with Crippen LogP contribution >= 0.6 is 0 Å². The van der Waals surface area contributed by atoms with Crippen LogP contribution in [0.15, 0.2) is 29.2 Å². The summed E-state index contributed by atoms with van der Waals surface area (Å²) >= 11 is 0. The number of carboxylic acid groups (broad SMARTS) is 1. The normalized spacial score (nSPS) is 12.5. The standard InChI is InChI=1S/C13H14N2O4/c1-8-4-3-5-15-11(16)6-10(14-12(8)15)7-19-9(2)13(17)18/h3-6,9H,7H2,1-2H3,(H,17,18)/t9-/m1/s1. The van der Waals surface area contributed by atoms with Crippen molar-refractivity contribution < 1.29 is 14.6 Å². The quantitative estimate of drug-likeness (QED) is 0.888. The van der Waals surface area contributed by atoms with Crippen molar-refractivity contribution in [2.45, 2.75) is 26.6 Å². The van der Waals surface area contributed by atoms with Gasteiger partial charge in [0, 0.05) is 12.3 Å². The molecule has 0 aliphatic carbocycles. The number of aryl methyl sites for hydroxylation is 1. The first kappa shape index (κ1) is 13.2. The molecule has 0 unspecified atom stereocenters. The summed E-state index contributed by atoms with van der Waals surface area (Å²) in [5.74, 6) is -1.05. The van der Waals surface area contributed by atoms with Crippen molar-refractivity contribution in [2.24, 2.45) is 0 Å². The van der Waals surface area contributed by atoms with Gasteiger partial charge in [-0.1, -0.05) is 6.07 Å². The fourth-order valence-electron chi connectivity index (χ4n) is 1.66. The Morgan fingerprint density at radius 3 is 3.00 bits per heavy atom. The number of aliphatic carboxylic acids is 1. The van der Waals surface area contributed by atoms with Crippen molar-refractivity contribution in [1.82, 2.24) is 9.38 Å². The minimum absolute atomic E-state index is 0.00641. The van der Waals surface area contributed by atoms with E-state index >= 15 is 0 Å². The molecule has 0 radical (unpaired) electrons. The van der Waals surface area contributed by atoms with Crippen molar-refractivity contribution in [3.05, 3.63) is 46.0 Å². The zero-order chi connectivity index (χ0) is 14.0. The zero-order valence-electron chi connectivity index (χ0n) is 10.7. The molecule has 1 atom stereocenters. The lowest BCUT2D eigenvalue weighted by atomic mass is 10.3. The van der Waals surface area contributed by atoms with Crippen molar-refractivity contribution in [2.75, 3.05) is 0 Å². The highest BCUT2D eigenvalue weighted by atomic mass is 16.5. The van der Waals surface area contributed by atoms with Crippen LogP contribution in [0.25, 0.3) is 5.65 Å². The molecule has 1 N–H and O–H groups in total. The first-order valence-electron chi connectivity index (χ1n) is 5.81. The Balaban J connectivity index is 2.33. The monoisotopic (exact) mass is 262 g/mol. The number of carbonyl (C=O) groups is 1. The van der Waals surface area contributed by atoms with Gasteiger partial charge in [-0.15, -0.1) is 0 Å². The summed E-state index contributed by atoms with van der Waals surface area (Å²) < 4.78 is 6.57.